The molecule has 0 nitrogen and oxygen atoms in total. The van der Waals surface area contributed by atoms with Gasteiger partial charge in [0.15, 0.2) is 0 Å². The lowest BCUT2D eigenvalue weighted by Crippen LogP contribution is -2.06. The maximum absolute atomic E-state index is 2.53. The summed E-state index contributed by atoms with van der Waals surface area (Å²) < 4.78 is 0. The Bertz CT molecular complexity index is 479. The minimum Gasteiger partial charge on any atom is -0.0795 e. The van der Waals surface area contributed by atoms with Crippen molar-refractivity contribution >= 4 is 6.08 Å². The number of hydrogen-bond acceptors (Lipinski definition) is 0. The molecular formula is C21H32. The molecule has 116 valence electrons. The van der Waals surface area contributed by atoms with Crippen LogP contribution in [0.2, 0.25) is 0 Å². The van der Waals surface area contributed by atoms with Crippen molar-refractivity contribution in [3.8, 4) is 0 Å². The Labute approximate surface area is 131 Å². The quantitative estimate of drug-likeness (QED) is 0.500. The molecule has 0 saturated heterocycles. The number of benzene rings is 1. The van der Waals surface area contributed by atoms with Crippen LogP contribution in [0.3, 0.4) is 0 Å². The van der Waals surface area contributed by atoms with E-state index < -0.39 is 0 Å². The van der Waals surface area contributed by atoms with Crippen molar-refractivity contribution in [1.29, 1.82) is 0 Å². The first-order chi connectivity index (χ1) is 10.3. The number of unbranched alkanes of at least 4 members (excludes halogenated alkanes) is 3. The molecule has 0 bridgehead atoms. The fourth-order valence-electron chi connectivity index (χ4n) is 3.50. The van der Waals surface area contributed by atoms with Gasteiger partial charge in [0.1, 0.15) is 0 Å². The summed E-state index contributed by atoms with van der Waals surface area (Å²) in [6.07, 6.45) is 17.6. The highest BCUT2D eigenvalue weighted by Crippen LogP contribution is 2.32. The number of fused-ring (bicyclic) bond motifs is 1. The first-order valence-electron chi connectivity index (χ1n) is 9.14. The van der Waals surface area contributed by atoms with E-state index in [1.165, 1.54) is 57.8 Å². The number of rotatable bonds is 9. The monoisotopic (exact) mass is 284 g/mol. The zero-order valence-corrected chi connectivity index (χ0v) is 14.3. The standard InChI is InChI=1S/C21H32/c1-4-7-11-17-16-18-12-10-15-20(18)21(14-9-6-3)19(17)13-8-5-2/h10,15-16H,4-9,11-14H2,1-3H3. The van der Waals surface area contributed by atoms with E-state index in [-0.39, 0.29) is 0 Å². The van der Waals surface area contributed by atoms with Gasteiger partial charge in [-0.25, -0.2) is 0 Å². The largest absolute Gasteiger partial charge is 0.0795 e. The maximum Gasteiger partial charge on any atom is -0.00880 e. The molecule has 21 heavy (non-hydrogen) atoms. The van der Waals surface area contributed by atoms with Crippen molar-refractivity contribution < 1.29 is 0 Å². The summed E-state index contributed by atoms with van der Waals surface area (Å²) in [4.78, 5) is 0. The van der Waals surface area contributed by atoms with Crippen molar-refractivity contribution in [1.82, 2.24) is 0 Å². The van der Waals surface area contributed by atoms with Crippen LogP contribution in [-0.4, -0.2) is 0 Å². The highest BCUT2D eigenvalue weighted by Gasteiger charge is 2.17. The molecule has 0 fully saturated rings. The smallest absolute Gasteiger partial charge is 0.00880 e. The second kappa shape index (κ2) is 8.41. The third-order valence-corrected chi connectivity index (χ3v) is 4.75. The number of aryl methyl sites for hydroxylation is 1. The van der Waals surface area contributed by atoms with Gasteiger partial charge in [-0.2, -0.15) is 0 Å². The van der Waals surface area contributed by atoms with Crippen LogP contribution < -0.4 is 0 Å². The Morgan fingerprint density at radius 3 is 2.10 bits per heavy atom. The van der Waals surface area contributed by atoms with Crippen molar-refractivity contribution in [3.63, 3.8) is 0 Å². The lowest BCUT2D eigenvalue weighted by Gasteiger charge is -2.19. The summed E-state index contributed by atoms with van der Waals surface area (Å²) in [6.45, 7) is 6.92. The fraction of sp³-hybridized carbons (Fsp3) is 0.619. The summed E-state index contributed by atoms with van der Waals surface area (Å²) in [6, 6.07) is 2.53. The highest BCUT2D eigenvalue weighted by molar-refractivity contribution is 5.66. The number of allylic oxidation sites excluding steroid dienone is 1. The fourth-order valence-corrected chi connectivity index (χ4v) is 3.50. The van der Waals surface area contributed by atoms with Crippen LogP contribution in [0.1, 0.15) is 87.1 Å². The van der Waals surface area contributed by atoms with E-state index >= 15 is 0 Å². The van der Waals surface area contributed by atoms with Crippen LogP contribution in [-0.2, 0) is 25.7 Å². The summed E-state index contributed by atoms with van der Waals surface area (Å²) in [7, 11) is 0. The molecule has 1 aromatic carbocycles. The molecule has 1 aliphatic rings. The predicted octanol–water partition coefficient (Wildman–Crippen LogP) is 6.28. The molecule has 1 aliphatic carbocycles. The molecule has 0 aliphatic heterocycles. The molecular weight excluding hydrogens is 252 g/mol. The van der Waals surface area contributed by atoms with E-state index in [0.29, 0.717) is 0 Å². The number of hydrogen-bond donors (Lipinski definition) is 0. The van der Waals surface area contributed by atoms with Gasteiger partial charge in [-0.3, -0.25) is 0 Å². The van der Waals surface area contributed by atoms with Gasteiger partial charge in [0, 0.05) is 0 Å². The predicted molar refractivity (Wildman–Crippen MR) is 95.0 cm³/mol. The first-order valence-corrected chi connectivity index (χ1v) is 9.14. The van der Waals surface area contributed by atoms with Crippen LogP contribution in [0.25, 0.3) is 6.08 Å². The highest BCUT2D eigenvalue weighted by atomic mass is 14.2. The van der Waals surface area contributed by atoms with Crippen LogP contribution in [0.4, 0.5) is 0 Å². The van der Waals surface area contributed by atoms with E-state index in [2.05, 4.69) is 39.0 Å². The van der Waals surface area contributed by atoms with Gasteiger partial charge >= 0.3 is 0 Å². The molecule has 0 spiro atoms. The van der Waals surface area contributed by atoms with Crippen molar-refractivity contribution in [2.24, 2.45) is 0 Å². The Balaban J connectivity index is 2.39. The van der Waals surface area contributed by atoms with Crippen molar-refractivity contribution in [3.05, 3.63) is 40.0 Å². The second-order valence-electron chi connectivity index (χ2n) is 6.48. The van der Waals surface area contributed by atoms with Crippen molar-refractivity contribution in [2.75, 3.05) is 0 Å². The topological polar surface area (TPSA) is 0 Å². The molecule has 0 N–H and O–H groups in total. The van der Waals surface area contributed by atoms with Crippen LogP contribution in [0, 0.1) is 0 Å². The van der Waals surface area contributed by atoms with E-state index in [4.69, 9.17) is 0 Å². The molecule has 0 amide bonds. The van der Waals surface area contributed by atoms with E-state index in [1.807, 2.05) is 0 Å². The molecule has 0 aromatic heterocycles. The molecule has 0 radical (unpaired) electrons. The SMILES string of the molecule is CCCCc1cc2c(c(CCCC)c1CCCC)C=CC2. The molecule has 0 atom stereocenters. The lowest BCUT2D eigenvalue weighted by molar-refractivity contribution is 0.733. The molecule has 2 rings (SSSR count). The Kier molecular flexibility index (Phi) is 6.54. The van der Waals surface area contributed by atoms with Gasteiger partial charge in [0.05, 0.1) is 0 Å². The van der Waals surface area contributed by atoms with E-state index in [1.54, 1.807) is 27.8 Å². The third kappa shape index (κ3) is 3.99. The molecule has 0 saturated carbocycles. The minimum absolute atomic E-state index is 1.15. The van der Waals surface area contributed by atoms with E-state index in [9.17, 15) is 0 Å². The zero-order valence-electron chi connectivity index (χ0n) is 14.3. The van der Waals surface area contributed by atoms with Gasteiger partial charge in [-0.05, 0) is 72.8 Å². The zero-order chi connectivity index (χ0) is 15.1. The Hall–Kier alpha value is -1.04. The molecule has 0 heteroatoms. The van der Waals surface area contributed by atoms with Gasteiger partial charge < -0.3 is 0 Å². The van der Waals surface area contributed by atoms with Gasteiger partial charge in [0.25, 0.3) is 0 Å². The molecule has 0 heterocycles. The van der Waals surface area contributed by atoms with Gasteiger partial charge in [-0.15, -0.1) is 0 Å². The van der Waals surface area contributed by atoms with Crippen LogP contribution >= 0.6 is 0 Å². The summed E-state index contributed by atoms with van der Waals surface area (Å²) >= 11 is 0. The third-order valence-electron chi connectivity index (χ3n) is 4.75. The molecule has 1 aromatic rings. The van der Waals surface area contributed by atoms with Crippen LogP contribution in [0.15, 0.2) is 12.1 Å². The van der Waals surface area contributed by atoms with E-state index in [0.717, 1.165) is 6.42 Å². The summed E-state index contributed by atoms with van der Waals surface area (Å²) in [5, 5.41) is 0. The first kappa shape index (κ1) is 16.3. The Morgan fingerprint density at radius 1 is 0.810 bits per heavy atom. The summed E-state index contributed by atoms with van der Waals surface area (Å²) in [5.41, 5.74) is 8.24. The Morgan fingerprint density at radius 2 is 1.43 bits per heavy atom. The maximum atomic E-state index is 2.53. The lowest BCUT2D eigenvalue weighted by atomic mass is 9.86. The average molecular weight is 284 g/mol. The minimum atomic E-state index is 1.15. The van der Waals surface area contributed by atoms with Gasteiger partial charge in [0.2, 0.25) is 0 Å². The second-order valence-corrected chi connectivity index (χ2v) is 6.48. The molecule has 0 unspecified atom stereocenters. The summed E-state index contributed by atoms with van der Waals surface area (Å²) in [5.74, 6) is 0. The average Bonchev–Trinajstić information content (AvgIpc) is 2.96. The normalized spacial score (nSPS) is 12.9. The van der Waals surface area contributed by atoms with Crippen LogP contribution in [0.5, 0.6) is 0 Å². The van der Waals surface area contributed by atoms with Gasteiger partial charge in [-0.1, -0.05) is 58.3 Å². The van der Waals surface area contributed by atoms with Crippen molar-refractivity contribution in [2.45, 2.75) is 85.0 Å².